The van der Waals surface area contributed by atoms with Gasteiger partial charge in [-0.25, -0.2) is 0 Å². The summed E-state index contributed by atoms with van der Waals surface area (Å²) >= 11 is 0. The topological polar surface area (TPSA) is 3.24 Å². The fraction of sp³-hybridized carbons (Fsp3) is 0.571. The van der Waals surface area contributed by atoms with Crippen molar-refractivity contribution in [2.75, 3.05) is 13.1 Å². The number of nitrogens with zero attached hydrogens (tertiary/aromatic N) is 1. The Bertz CT molecular complexity index is 400. The number of halogens is 3. The van der Waals surface area contributed by atoms with Crippen LogP contribution in [0.1, 0.15) is 30.9 Å². The highest BCUT2D eigenvalue weighted by atomic mass is 19.4. The minimum Gasteiger partial charge on any atom is -0.299 e. The zero-order valence-electron chi connectivity index (χ0n) is 10.5. The molecule has 1 aliphatic rings. The number of hydrogen-bond acceptors (Lipinski definition) is 1. The molecule has 1 heterocycles. The Morgan fingerprint density at radius 1 is 1.33 bits per heavy atom. The van der Waals surface area contributed by atoms with Crippen molar-refractivity contribution in [3.63, 3.8) is 0 Å². The molecule has 0 radical (unpaired) electrons. The molecular weight excluding hydrogens is 239 g/mol. The summed E-state index contributed by atoms with van der Waals surface area (Å²) in [5.41, 5.74) is 0.198. The first-order valence-electron chi connectivity index (χ1n) is 6.33. The molecule has 0 bridgehead atoms. The van der Waals surface area contributed by atoms with Crippen LogP contribution in [0.2, 0.25) is 0 Å². The van der Waals surface area contributed by atoms with Crippen molar-refractivity contribution in [1.29, 1.82) is 0 Å². The highest BCUT2D eigenvalue weighted by Crippen LogP contribution is 2.30. The van der Waals surface area contributed by atoms with E-state index in [1.807, 2.05) is 0 Å². The highest BCUT2D eigenvalue weighted by Gasteiger charge is 2.30. The third-order valence-corrected chi connectivity index (χ3v) is 3.40. The zero-order chi connectivity index (χ0) is 13.2. The molecule has 0 N–H and O–H groups in total. The average Bonchev–Trinajstić information content (AvgIpc) is 2.28. The minimum absolute atomic E-state index is 0.551. The second-order valence-corrected chi connectivity index (χ2v) is 5.18. The van der Waals surface area contributed by atoms with Crippen molar-refractivity contribution in [3.8, 4) is 0 Å². The largest absolute Gasteiger partial charge is 0.416 e. The lowest BCUT2D eigenvalue weighted by Gasteiger charge is -2.30. The number of benzene rings is 1. The Hall–Kier alpha value is -1.03. The van der Waals surface area contributed by atoms with Gasteiger partial charge in [-0.3, -0.25) is 4.90 Å². The molecule has 0 unspecified atom stereocenters. The van der Waals surface area contributed by atoms with E-state index in [4.69, 9.17) is 0 Å². The van der Waals surface area contributed by atoms with Crippen molar-refractivity contribution < 1.29 is 13.2 Å². The molecule has 0 aliphatic carbocycles. The van der Waals surface area contributed by atoms with Crippen LogP contribution in [-0.4, -0.2) is 18.0 Å². The standard InChI is InChI=1S/C14H18F3N/c1-11-4-3-7-18(9-11)10-12-5-2-6-13(8-12)14(15,16)17/h2,5-6,8,11H,3-4,7,9-10H2,1H3/t11-/m0/s1. The smallest absolute Gasteiger partial charge is 0.299 e. The summed E-state index contributed by atoms with van der Waals surface area (Å²) in [5, 5.41) is 0. The van der Waals surface area contributed by atoms with Gasteiger partial charge in [-0.15, -0.1) is 0 Å². The molecule has 18 heavy (non-hydrogen) atoms. The van der Waals surface area contributed by atoms with Gasteiger partial charge in [-0.2, -0.15) is 13.2 Å². The van der Waals surface area contributed by atoms with Gasteiger partial charge in [0.05, 0.1) is 5.56 Å². The Morgan fingerprint density at radius 2 is 2.11 bits per heavy atom. The summed E-state index contributed by atoms with van der Waals surface area (Å²) in [7, 11) is 0. The molecule has 1 aromatic carbocycles. The van der Waals surface area contributed by atoms with Crippen molar-refractivity contribution in [1.82, 2.24) is 4.90 Å². The van der Waals surface area contributed by atoms with Gasteiger partial charge >= 0.3 is 6.18 Å². The van der Waals surface area contributed by atoms with Gasteiger partial charge in [0, 0.05) is 13.1 Å². The lowest BCUT2D eigenvalue weighted by atomic mass is 9.99. The second-order valence-electron chi connectivity index (χ2n) is 5.18. The maximum Gasteiger partial charge on any atom is 0.416 e. The van der Waals surface area contributed by atoms with Gasteiger partial charge in [-0.05, 0) is 36.9 Å². The van der Waals surface area contributed by atoms with E-state index in [1.165, 1.54) is 18.6 Å². The van der Waals surface area contributed by atoms with Crippen molar-refractivity contribution in [2.45, 2.75) is 32.5 Å². The quantitative estimate of drug-likeness (QED) is 0.775. The first-order valence-corrected chi connectivity index (χ1v) is 6.33. The summed E-state index contributed by atoms with van der Waals surface area (Å²) in [4.78, 5) is 2.24. The first-order chi connectivity index (χ1) is 8.45. The average molecular weight is 257 g/mol. The second kappa shape index (κ2) is 5.31. The van der Waals surface area contributed by atoms with E-state index in [-0.39, 0.29) is 0 Å². The molecule has 1 aromatic rings. The molecule has 2 rings (SSSR count). The third kappa shape index (κ3) is 3.48. The highest BCUT2D eigenvalue weighted by molar-refractivity contribution is 5.25. The maximum atomic E-state index is 12.6. The monoisotopic (exact) mass is 257 g/mol. The molecule has 1 nitrogen and oxygen atoms in total. The molecule has 1 aliphatic heterocycles. The van der Waals surface area contributed by atoms with Crippen molar-refractivity contribution in [2.24, 2.45) is 5.92 Å². The van der Waals surface area contributed by atoms with Crippen LogP contribution in [0.3, 0.4) is 0 Å². The molecular formula is C14H18F3N. The Balaban J connectivity index is 2.05. The minimum atomic E-state index is -4.24. The molecule has 1 atom stereocenters. The van der Waals surface area contributed by atoms with Crippen LogP contribution in [-0.2, 0) is 12.7 Å². The number of piperidine rings is 1. The SMILES string of the molecule is C[C@H]1CCCN(Cc2cccc(C(F)(F)F)c2)C1. The Kier molecular flexibility index (Phi) is 3.95. The number of alkyl halides is 3. The summed E-state index contributed by atoms with van der Waals surface area (Å²) in [6.45, 7) is 4.78. The summed E-state index contributed by atoms with van der Waals surface area (Å²) in [5.74, 6) is 0.643. The number of likely N-dealkylation sites (tertiary alicyclic amines) is 1. The van der Waals surface area contributed by atoms with Gasteiger partial charge in [0.25, 0.3) is 0 Å². The van der Waals surface area contributed by atoms with Crippen LogP contribution in [0.4, 0.5) is 13.2 Å². The van der Waals surface area contributed by atoms with E-state index in [0.717, 1.165) is 31.1 Å². The van der Waals surface area contributed by atoms with E-state index in [9.17, 15) is 13.2 Å². The Morgan fingerprint density at radius 3 is 2.78 bits per heavy atom. The van der Waals surface area contributed by atoms with E-state index in [0.29, 0.717) is 12.5 Å². The van der Waals surface area contributed by atoms with Crippen LogP contribution < -0.4 is 0 Å². The zero-order valence-corrected chi connectivity index (χ0v) is 10.5. The van der Waals surface area contributed by atoms with Gasteiger partial charge in [0.2, 0.25) is 0 Å². The first kappa shape index (κ1) is 13.4. The fourth-order valence-corrected chi connectivity index (χ4v) is 2.53. The van der Waals surface area contributed by atoms with E-state index in [1.54, 1.807) is 6.07 Å². The van der Waals surface area contributed by atoms with E-state index in [2.05, 4.69) is 11.8 Å². The summed E-state index contributed by atoms with van der Waals surface area (Å²) < 4.78 is 37.8. The molecule has 0 aromatic heterocycles. The lowest BCUT2D eigenvalue weighted by molar-refractivity contribution is -0.137. The normalized spacial score (nSPS) is 22.1. The summed E-state index contributed by atoms with van der Waals surface area (Å²) in [6, 6.07) is 5.65. The molecule has 100 valence electrons. The van der Waals surface area contributed by atoms with Gasteiger partial charge in [-0.1, -0.05) is 25.1 Å². The van der Waals surface area contributed by atoms with Gasteiger partial charge in [0.15, 0.2) is 0 Å². The molecule has 1 saturated heterocycles. The molecule has 0 saturated carbocycles. The molecule has 1 fully saturated rings. The Labute approximate surface area is 106 Å². The predicted octanol–water partition coefficient (Wildman–Crippen LogP) is 3.94. The molecule has 4 heteroatoms. The predicted molar refractivity (Wildman–Crippen MR) is 65.1 cm³/mol. The summed E-state index contributed by atoms with van der Waals surface area (Å²) in [6.07, 6.45) is -1.88. The van der Waals surface area contributed by atoms with Gasteiger partial charge in [0.1, 0.15) is 0 Å². The van der Waals surface area contributed by atoms with Crippen LogP contribution in [0, 0.1) is 5.92 Å². The van der Waals surface area contributed by atoms with E-state index < -0.39 is 11.7 Å². The molecule has 0 amide bonds. The van der Waals surface area contributed by atoms with Crippen molar-refractivity contribution >= 4 is 0 Å². The fourth-order valence-electron chi connectivity index (χ4n) is 2.53. The van der Waals surface area contributed by atoms with Crippen LogP contribution in [0.15, 0.2) is 24.3 Å². The van der Waals surface area contributed by atoms with Crippen LogP contribution in [0.5, 0.6) is 0 Å². The molecule has 0 spiro atoms. The maximum absolute atomic E-state index is 12.6. The third-order valence-electron chi connectivity index (χ3n) is 3.40. The van der Waals surface area contributed by atoms with Crippen LogP contribution >= 0.6 is 0 Å². The number of rotatable bonds is 2. The van der Waals surface area contributed by atoms with E-state index >= 15 is 0 Å². The van der Waals surface area contributed by atoms with Gasteiger partial charge < -0.3 is 0 Å². The van der Waals surface area contributed by atoms with Crippen LogP contribution in [0.25, 0.3) is 0 Å². The van der Waals surface area contributed by atoms with Crippen molar-refractivity contribution in [3.05, 3.63) is 35.4 Å². The number of hydrogen-bond donors (Lipinski definition) is 0. The lowest BCUT2D eigenvalue weighted by Crippen LogP contribution is -2.33.